The summed E-state index contributed by atoms with van der Waals surface area (Å²) in [6, 6.07) is 1.89. The Morgan fingerprint density at radius 3 is 2.05 bits per heavy atom. The molecule has 0 N–H and O–H groups in total. The van der Waals surface area contributed by atoms with Gasteiger partial charge in [-0.15, -0.1) is 6.58 Å². The Kier molecular flexibility index (Phi) is 7.99. The van der Waals surface area contributed by atoms with Crippen molar-refractivity contribution < 1.29 is 13.3 Å². The molecule has 1 aliphatic carbocycles. The van der Waals surface area contributed by atoms with Crippen LogP contribution in [0.4, 0.5) is 0 Å². The molecule has 0 spiro atoms. The second-order valence-corrected chi connectivity index (χ2v) is 13.4. The number of hydrogen-bond donors (Lipinski definition) is 0. The van der Waals surface area contributed by atoms with Crippen molar-refractivity contribution in [2.24, 2.45) is 0 Å². The van der Waals surface area contributed by atoms with Gasteiger partial charge < -0.3 is 13.3 Å². The maximum atomic E-state index is 6.01. The molecule has 0 unspecified atom stereocenters. The van der Waals surface area contributed by atoms with E-state index in [0.717, 1.165) is 18.5 Å². The zero-order chi connectivity index (χ0) is 16.6. The standard InChI is InChI=1S/C17H32O3Si2/c1-7-14-21(5,6)17-13-11-12-16(17)15-22(18-8-2,19-9-3)20-10-4/h7,12-13H,1,8-11,14-15H2,2-6H3. The fourth-order valence-electron chi connectivity index (χ4n) is 3.08. The highest BCUT2D eigenvalue weighted by Gasteiger charge is 2.43. The van der Waals surface area contributed by atoms with Gasteiger partial charge in [0.2, 0.25) is 0 Å². The highest BCUT2D eigenvalue weighted by molar-refractivity contribution is 6.85. The monoisotopic (exact) mass is 340 g/mol. The van der Waals surface area contributed by atoms with Crippen LogP contribution in [-0.4, -0.2) is 36.7 Å². The minimum absolute atomic E-state index is 0.631. The molecule has 0 aromatic heterocycles. The third kappa shape index (κ3) is 5.03. The second kappa shape index (κ2) is 8.98. The molecular weight excluding hydrogens is 308 g/mol. The Balaban J connectivity index is 2.97. The predicted octanol–water partition coefficient (Wildman–Crippen LogP) is 4.72. The van der Waals surface area contributed by atoms with Gasteiger partial charge in [-0.3, -0.25) is 0 Å². The first kappa shape index (κ1) is 19.6. The van der Waals surface area contributed by atoms with Gasteiger partial charge in [-0.2, -0.15) is 0 Å². The van der Waals surface area contributed by atoms with Crippen LogP contribution < -0.4 is 0 Å². The highest BCUT2D eigenvalue weighted by Crippen LogP contribution is 2.36. The lowest BCUT2D eigenvalue weighted by molar-refractivity contribution is 0.0738. The molecule has 0 saturated heterocycles. The lowest BCUT2D eigenvalue weighted by Gasteiger charge is -2.32. The van der Waals surface area contributed by atoms with Gasteiger partial charge in [0, 0.05) is 25.9 Å². The van der Waals surface area contributed by atoms with Gasteiger partial charge in [0.15, 0.2) is 0 Å². The lowest BCUT2D eigenvalue weighted by atomic mass is 10.3. The van der Waals surface area contributed by atoms with E-state index in [0.29, 0.717) is 19.8 Å². The Bertz CT molecular complexity index is 411. The quantitative estimate of drug-likeness (QED) is 0.402. The molecule has 0 aromatic rings. The molecule has 0 atom stereocenters. The minimum atomic E-state index is -2.62. The lowest BCUT2D eigenvalue weighted by Crippen LogP contribution is -2.47. The fourth-order valence-corrected chi connectivity index (χ4v) is 8.61. The molecule has 0 heterocycles. The molecule has 0 radical (unpaired) electrons. The first-order valence-electron chi connectivity index (χ1n) is 8.37. The summed E-state index contributed by atoms with van der Waals surface area (Å²) in [5, 5.41) is 1.53. The largest absolute Gasteiger partial charge is 0.505 e. The number of rotatable bonds is 11. The molecule has 0 amide bonds. The van der Waals surface area contributed by atoms with Gasteiger partial charge in [-0.05, 0) is 38.8 Å². The maximum absolute atomic E-state index is 6.01. The van der Waals surface area contributed by atoms with Crippen LogP contribution in [0.3, 0.4) is 0 Å². The first-order valence-corrected chi connectivity index (χ1v) is 13.5. The SMILES string of the molecule is C=CC[Si](C)(C)C1=CCC=C1C[Si](OCC)(OCC)OCC. The van der Waals surface area contributed by atoms with Crippen LogP contribution in [0.25, 0.3) is 0 Å². The second-order valence-electron chi connectivity index (χ2n) is 6.12. The zero-order valence-corrected chi connectivity index (χ0v) is 16.9. The van der Waals surface area contributed by atoms with Crippen LogP contribution in [0.1, 0.15) is 27.2 Å². The summed E-state index contributed by atoms with van der Waals surface area (Å²) in [5.74, 6) is 0. The van der Waals surface area contributed by atoms with Crippen molar-refractivity contribution in [3.63, 3.8) is 0 Å². The third-order valence-electron chi connectivity index (χ3n) is 3.92. The molecule has 3 nitrogen and oxygen atoms in total. The van der Waals surface area contributed by atoms with E-state index in [1.54, 1.807) is 0 Å². The third-order valence-corrected chi connectivity index (χ3v) is 10.2. The number of hydrogen-bond acceptors (Lipinski definition) is 3. The van der Waals surface area contributed by atoms with E-state index in [1.165, 1.54) is 10.8 Å². The Morgan fingerprint density at radius 1 is 1.05 bits per heavy atom. The van der Waals surface area contributed by atoms with Gasteiger partial charge in [0.25, 0.3) is 0 Å². The van der Waals surface area contributed by atoms with Crippen molar-refractivity contribution in [3.8, 4) is 0 Å². The van der Waals surface area contributed by atoms with Crippen LogP contribution in [0.5, 0.6) is 0 Å². The Hall–Kier alpha value is -0.466. The number of allylic oxidation sites excluding steroid dienone is 5. The molecule has 0 aromatic carbocycles. The maximum Gasteiger partial charge on any atom is 0.505 e. The summed E-state index contributed by atoms with van der Waals surface area (Å²) in [7, 11) is -4.09. The van der Waals surface area contributed by atoms with Crippen LogP contribution in [0, 0.1) is 0 Å². The molecule has 0 saturated carbocycles. The van der Waals surface area contributed by atoms with Crippen LogP contribution >= 0.6 is 0 Å². The molecule has 22 heavy (non-hydrogen) atoms. The molecule has 0 aliphatic heterocycles. The van der Waals surface area contributed by atoms with E-state index in [9.17, 15) is 0 Å². The molecule has 1 rings (SSSR count). The summed E-state index contributed by atoms with van der Waals surface area (Å²) < 4.78 is 18.0. The molecular formula is C17H32O3Si2. The molecule has 5 heteroatoms. The van der Waals surface area contributed by atoms with Crippen molar-refractivity contribution in [2.45, 2.75) is 52.4 Å². The molecule has 0 fully saturated rings. The Labute approximate surface area is 138 Å². The summed E-state index contributed by atoms with van der Waals surface area (Å²) in [4.78, 5) is 0. The molecule has 1 aliphatic rings. The van der Waals surface area contributed by atoms with Crippen LogP contribution in [-0.2, 0) is 13.3 Å². The van der Waals surface area contributed by atoms with Crippen LogP contribution in [0.15, 0.2) is 35.6 Å². The van der Waals surface area contributed by atoms with E-state index in [1.807, 2.05) is 20.8 Å². The van der Waals surface area contributed by atoms with Gasteiger partial charge in [0.05, 0.1) is 8.07 Å². The smallest absolute Gasteiger partial charge is 0.374 e. The van der Waals surface area contributed by atoms with Crippen molar-refractivity contribution in [3.05, 3.63) is 35.6 Å². The minimum Gasteiger partial charge on any atom is -0.374 e. The van der Waals surface area contributed by atoms with Gasteiger partial charge in [-0.25, -0.2) is 0 Å². The van der Waals surface area contributed by atoms with E-state index < -0.39 is 16.9 Å². The molecule has 126 valence electrons. The fraction of sp³-hybridized carbons (Fsp3) is 0.647. The first-order chi connectivity index (χ1) is 10.4. The van der Waals surface area contributed by atoms with Crippen molar-refractivity contribution in [1.29, 1.82) is 0 Å². The Morgan fingerprint density at radius 2 is 1.59 bits per heavy atom. The van der Waals surface area contributed by atoms with E-state index in [-0.39, 0.29) is 0 Å². The average molecular weight is 341 g/mol. The van der Waals surface area contributed by atoms with E-state index >= 15 is 0 Å². The predicted molar refractivity (Wildman–Crippen MR) is 98.7 cm³/mol. The van der Waals surface area contributed by atoms with Crippen molar-refractivity contribution >= 4 is 16.9 Å². The summed E-state index contributed by atoms with van der Waals surface area (Å²) in [6.45, 7) is 16.7. The summed E-state index contributed by atoms with van der Waals surface area (Å²) >= 11 is 0. The summed E-state index contributed by atoms with van der Waals surface area (Å²) in [5.41, 5.74) is 1.39. The van der Waals surface area contributed by atoms with Crippen molar-refractivity contribution in [2.75, 3.05) is 19.8 Å². The van der Waals surface area contributed by atoms with Gasteiger partial charge in [0.1, 0.15) is 0 Å². The van der Waals surface area contributed by atoms with Gasteiger partial charge in [-0.1, -0.05) is 36.5 Å². The normalized spacial score (nSPS) is 15.7. The summed E-state index contributed by atoms with van der Waals surface area (Å²) in [6.07, 6.45) is 7.79. The van der Waals surface area contributed by atoms with E-state index in [4.69, 9.17) is 13.3 Å². The van der Waals surface area contributed by atoms with Gasteiger partial charge >= 0.3 is 8.80 Å². The van der Waals surface area contributed by atoms with E-state index in [2.05, 4.69) is 37.9 Å². The average Bonchev–Trinajstić information content (AvgIpc) is 2.88. The highest BCUT2D eigenvalue weighted by atomic mass is 28.4. The topological polar surface area (TPSA) is 27.7 Å². The zero-order valence-electron chi connectivity index (χ0n) is 14.9. The van der Waals surface area contributed by atoms with Crippen LogP contribution in [0.2, 0.25) is 25.2 Å². The molecule has 0 bridgehead atoms. The van der Waals surface area contributed by atoms with Crippen molar-refractivity contribution in [1.82, 2.24) is 0 Å².